The number of H-pyrrole nitrogens is 1. The first-order valence-electron chi connectivity index (χ1n) is 7.61. The molecule has 0 spiro atoms. The lowest BCUT2D eigenvalue weighted by atomic mass is 9.89. The molecular weight excluding hydrogens is 296 g/mol. The molecule has 0 saturated carbocycles. The summed E-state index contributed by atoms with van der Waals surface area (Å²) in [6, 6.07) is 6.09. The van der Waals surface area contributed by atoms with Crippen LogP contribution in [0.2, 0.25) is 0 Å². The molecule has 1 aromatic carbocycles. The summed E-state index contributed by atoms with van der Waals surface area (Å²) in [6.45, 7) is 2.31. The number of amides is 2. The second-order valence-electron chi connectivity index (χ2n) is 5.81. The highest BCUT2D eigenvalue weighted by molar-refractivity contribution is 7.98. The zero-order valence-electron chi connectivity index (χ0n) is 13.0. The van der Waals surface area contributed by atoms with Crippen LogP contribution < -0.4 is 10.0 Å². The van der Waals surface area contributed by atoms with E-state index in [0.29, 0.717) is 5.92 Å². The highest BCUT2D eigenvalue weighted by atomic mass is 32.2. The Labute approximate surface area is 135 Å². The molecule has 5 nitrogen and oxygen atoms in total. The van der Waals surface area contributed by atoms with Gasteiger partial charge in [0.1, 0.15) is 0 Å². The van der Waals surface area contributed by atoms with Crippen LogP contribution in [0.5, 0.6) is 0 Å². The number of nitrogens with one attached hydrogen (secondary N) is 3. The summed E-state index contributed by atoms with van der Waals surface area (Å²) in [5.41, 5.74) is 2.57. The van der Waals surface area contributed by atoms with Crippen LogP contribution in [0, 0.1) is 0 Å². The van der Waals surface area contributed by atoms with Crippen molar-refractivity contribution in [2.75, 3.05) is 27.2 Å². The lowest BCUT2D eigenvalue weighted by Crippen LogP contribution is -2.29. The van der Waals surface area contributed by atoms with Crippen LogP contribution in [0.3, 0.4) is 0 Å². The van der Waals surface area contributed by atoms with Crippen molar-refractivity contribution in [3.05, 3.63) is 30.0 Å². The second-order valence-corrected chi connectivity index (χ2v) is 6.69. The molecule has 6 heteroatoms. The fourth-order valence-corrected chi connectivity index (χ4v) is 3.62. The van der Waals surface area contributed by atoms with Crippen LogP contribution in [-0.4, -0.2) is 43.1 Å². The van der Waals surface area contributed by atoms with Gasteiger partial charge < -0.3 is 15.2 Å². The van der Waals surface area contributed by atoms with Crippen LogP contribution >= 0.6 is 11.9 Å². The zero-order chi connectivity index (χ0) is 15.5. The first-order chi connectivity index (χ1) is 10.7. The maximum absolute atomic E-state index is 11.3. The van der Waals surface area contributed by atoms with E-state index >= 15 is 0 Å². The monoisotopic (exact) mass is 318 g/mol. The topological polar surface area (TPSA) is 60.2 Å². The van der Waals surface area contributed by atoms with Crippen LogP contribution in [0.4, 0.5) is 4.79 Å². The summed E-state index contributed by atoms with van der Waals surface area (Å²) >= 11 is 1.34. The average Bonchev–Trinajstić information content (AvgIpc) is 2.96. The maximum atomic E-state index is 11.3. The van der Waals surface area contributed by atoms with Gasteiger partial charge in [0, 0.05) is 29.0 Å². The van der Waals surface area contributed by atoms with Gasteiger partial charge in [0.2, 0.25) is 0 Å². The van der Waals surface area contributed by atoms with Crippen molar-refractivity contribution in [3.63, 3.8) is 0 Å². The SMILES string of the molecule is CNC(=O)NSc1ccc2[nH]cc(C3CCN(C)CC3)c2c1. The summed E-state index contributed by atoms with van der Waals surface area (Å²) in [7, 11) is 3.80. The molecule has 1 aliphatic heterocycles. The number of piperidine rings is 1. The molecule has 3 rings (SSSR count). The lowest BCUT2D eigenvalue weighted by molar-refractivity contribution is 0.248. The smallest absolute Gasteiger partial charge is 0.324 e. The van der Waals surface area contributed by atoms with Crippen molar-refractivity contribution >= 4 is 28.9 Å². The third-order valence-corrected chi connectivity index (χ3v) is 5.11. The highest BCUT2D eigenvalue weighted by Crippen LogP contribution is 2.34. The predicted octanol–water partition coefficient (Wildman–Crippen LogP) is 2.91. The Balaban J connectivity index is 1.81. The maximum Gasteiger partial charge on any atom is 0.324 e. The van der Waals surface area contributed by atoms with E-state index in [1.165, 1.54) is 41.3 Å². The zero-order valence-corrected chi connectivity index (χ0v) is 13.8. The first-order valence-corrected chi connectivity index (χ1v) is 8.43. The molecule has 1 aromatic heterocycles. The summed E-state index contributed by atoms with van der Waals surface area (Å²) in [5, 5.41) is 3.83. The minimum atomic E-state index is -0.185. The van der Waals surface area contributed by atoms with Crippen molar-refractivity contribution in [2.24, 2.45) is 0 Å². The van der Waals surface area contributed by atoms with Crippen molar-refractivity contribution < 1.29 is 4.79 Å². The second kappa shape index (κ2) is 6.62. The molecule has 3 N–H and O–H groups in total. The minimum absolute atomic E-state index is 0.185. The number of hydrogen-bond acceptors (Lipinski definition) is 3. The quantitative estimate of drug-likeness (QED) is 0.763. The number of fused-ring (bicyclic) bond motifs is 1. The van der Waals surface area contributed by atoms with E-state index in [2.05, 4.69) is 45.3 Å². The third-order valence-electron chi connectivity index (χ3n) is 4.33. The van der Waals surface area contributed by atoms with E-state index in [4.69, 9.17) is 0 Å². The van der Waals surface area contributed by atoms with E-state index in [1.807, 2.05) is 6.07 Å². The molecular formula is C16H22N4OS. The molecule has 0 aliphatic carbocycles. The Morgan fingerprint density at radius 1 is 1.36 bits per heavy atom. The molecule has 2 heterocycles. The van der Waals surface area contributed by atoms with Crippen LogP contribution in [0.25, 0.3) is 10.9 Å². The molecule has 0 atom stereocenters. The lowest BCUT2D eigenvalue weighted by Gasteiger charge is -2.28. The van der Waals surface area contributed by atoms with Gasteiger partial charge in [0.25, 0.3) is 0 Å². The van der Waals surface area contributed by atoms with Gasteiger partial charge >= 0.3 is 6.03 Å². The number of aromatic nitrogens is 1. The predicted molar refractivity (Wildman–Crippen MR) is 91.2 cm³/mol. The number of carbonyl (C=O) groups is 1. The Kier molecular flexibility index (Phi) is 4.59. The fourth-order valence-electron chi connectivity index (χ4n) is 3.00. The van der Waals surface area contributed by atoms with Crippen molar-refractivity contribution in [1.82, 2.24) is 19.9 Å². The Morgan fingerprint density at radius 2 is 2.14 bits per heavy atom. The molecule has 0 radical (unpaired) electrons. The summed E-state index contributed by atoms with van der Waals surface area (Å²) in [6.07, 6.45) is 4.57. The summed E-state index contributed by atoms with van der Waals surface area (Å²) in [4.78, 5) is 18.1. The molecule has 0 bridgehead atoms. The molecule has 2 aromatic rings. The highest BCUT2D eigenvalue weighted by Gasteiger charge is 2.21. The van der Waals surface area contributed by atoms with Crippen molar-refractivity contribution in [2.45, 2.75) is 23.7 Å². The number of urea groups is 1. The molecule has 0 unspecified atom stereocenters. The Hall–Kier alpha value is -1.66. The van der Waals surface area contributed by atoms with Gasteiger partial charge in [-0.2, -0.15) is 0 Å². The Morgan fingerprint density at radius 3 is 2.86 bits per heavy atom. The van der Waals surface area contributed by atoms with Gasteiger partial charge in [-0.05, 0) is 74.6 Å². The normalized spacial score (nSPS) is 16.8. The van der Waals surface area contributed by atoms with Gasteiger partial charge in [-0.25, -0.2) is 4.79 Å². The van der Waals surface area contributed by atoms with Crippen molar-refractivity contribution in [1.29, 1.82) is 0 Å². The van der Waals surface area contributed by atoms with E-state index < -0.39 is 0 Å². The minimum Gasteiger partial charge on any atom is -0.361 e. The Bertz CT molecular complexity index is 661. The molecule has 1 fully saturated rings. The summed E-state index contributed by atoms with van der Waals surface area (Å²) in [5.74, 6) is 0.622. The van der Waals surface area contributed by atoms with Crippen LogP contribution in [0.15, 0.2) is 29.3 Å². The van der Waals surface area contributed by atoms with Crippen LogP contribution in [0.1, 0.15) is 24.3 Å². The van der Waals surface area contributed by atoms with Gasteiger partial charge in [-0.3, -0.25) is 4.72 Å². The number of rotatable bonds is 3. The number of benzene rings is 1. The van der Waals surface area contributed by atoms with E-state index in [9.17, 15) is 4.79 Å². The number of nitrogens with zero attached hydrogens (tertiary/aromatic N) is 1. The first kappa shape index (κ1) is 15.2. The van der Waals surface area contributed by atoms with Gasteiger partial charge in [0.05, 0.1) is 0 Å². The number of carbonyl (C=O) groups excluding carboxylic acids is 1. The number of hydrogen-bond donors (Lipinski definition) is 3. The number of likely N-dealkylation sites (tertiary alicyclic amines) is 1. The molecule has 1 saturated heterocycles. The molecule has 2 amide bonds. The van der Waals surface area contributed by atoms with E-state index in [1.54, 1.807) is 7.05 Å². The van der Waals surface area contributed by atoms with E-state index in [0.717, 1.165) is 18.0 Å². The molecule has 22 heavy (non-hydrogen) atoms. The molecule has 118 valence electrons. The van der Waals surface area contributed by atoms with Crippen LogP contribution in [-0.2, 0) is 0 Å². The third kappa shape index (κ3) is 3.23. The number of aromatic amines is 1. The summed E-state index contributed by atoms with van der Waals surface area (Å²) < 4.78 is 2.76. The van der Waals surface area contributed by atoms with Gasteiger partial charge in [-0.15, -0.1) is 0 Å². The van der Waals surface area contributed by atoms with Gasteiger partial charge in [0.15, 0.2) is 0 Å². The average molecular weight is 318 g/mol. The van der Waals surface area contributed by atoms with Gasteiger partial charge in [-0.1, -0.05) is 0 Å². The largest absolute Gasteiger partial charge is 0.361 e. The van der Waals surface area contributed by atoms with Crippen molar-refractivity contribution in [3.8, 4) is 0 Å². The van der Waals surface area contributed by atoms with E-state index in [-0.39, 0.29) is 6.03 Å². The fraction of sp³-hybridized carbons (Fsp3) is 0.438. The molecule has 1 aliphatic rings. The standard InChI is InChI=1S/C16H22N4OS/c1-17-16(21)19-22-12-3-4-15-13(9-12)14(10-18-15)11-5-7-20(2)8-6-11/h3-4,9-11,18H,5-8H2,1-2H3,(H2,17,19,21).